The summed E-state index contributed by atoms with van der Waals surface area (Å²) >= 11 is 1.61. The molecule has 0 unspecified atom stereocenters. The number of fused-ring (bicyclic) bond motifs is 1. The average Bonchev–Trinajstić information content (AvgIpc) is 3.04. The van der Waals surface area contributed by atoms with E-state index >= 15 is 0 Å². The van der Waals surface area contributed by atoms with E-state index in [9.17, 15) is 4.79 Å². The fourth-order valence-corrected chi connectivity index (χ4v) is 4.00. The Hall–Kier alpha value is -2.14. The number of rotatable bonds is 4. The molecule has 0 saturated carbocycles. The van der Waals surface area contributed by atoms with Crippen molar-refractivity contribution >= 4 is 23.4 Å². The predicted molar refractivity (Wildman–Crippen MR) is 102 cm³/mol. The maximum absolute atomic E-state index is 12.6. The van der Waals surface area contributed by atoms with Crippen molar-refractivity contribution in [3.8, 4) is 11.5 Å². The zero-order valence-corrected chi connectivity index (χ0v) is 16.0. The second kappa shape index (κ2) is 7.00. The summed E-state index contributed by atoms with van der Waals surface area (Å²) < 4.78 is 10.7. The highest BCUT2D eigenvalue weighted by Gasteiger charge is 2.20. The van der Waals surface area contributed by atoms with Gasteiger partial charge < -0.3 is 14.8 Å². The Labute approximate surface area is 152 Å². The van der Waals surface area contributed by atoms with Crippen molar-refractivity contribution < 1.29 is 14.3 Å². The number of anilines is 1. The van der Waals surface area contributed by atoms with Crippen molar-refractivity contribution in [3.05, 3.63) is 46.5 Å². The van der Waals surface area contributed by atoms with E-state index in [1.54, 1.807) is 17.8 Å². The molecule has 0 saturated heterocycles. The van der Waals surface area contributed by atoms with E-state index in [4.69, 9.17) is 9.47 Å². The summed E-state index contributed by atoms with van der Waals surface area (Å²) in [7, 11) is 0. The molecule has 1 N–H and O–H groups in total. The van der Waals surface area contributed by atoms with Crippen LogP contribution in [-0.2, 0) is 4.79 Å². The molecular formula is C20H23NO3S. The zero-order valence-electron chi connectivity index (χ0n) is 15.2. The number of hydrogen-bond donors (Lipinski definition) is 1. The third-order valence-electron chi connectivity index (χ3n) is 4.60. The molecule has 25 heavy (non-hydrogen) atoms. The minimum absolute atomic E-state index is 0.0261. The molecule has 1 atom stereocenters. The average molecular weight is 357 g/mol. The van der Waals surface area contributed by atoms with Crippen molar-refractivity contribution in [2.75, 3.05) is 12.1 Å². The van der Waals surface area contributed by atoms with Gasteiger partial charge in [0.15, 0.2) is 11.5 Å². The summed E-state index contributed by atoms with van der Waals surface area (Å²) in [4.78, 5) is 13.8. The molecule has 0 radical (unpaired) electrons. The van der Waals surface area contributed by atoms with Gasteiger partial charge in [0.2, 0.25) is 12.7 Å². The van der Waals surface area contributed by atoms with Crippen LogP contribution < -0.4 is 14.8 Å². The van der Waals surface area contributed by atoms with Crippen LogP contribution in [0.4, 0.5) is 5.69 Å². The fraction of sp³-hybridized carbons (Fsp3) is 0.350. The fourth-order valence-electron chi connectivity index (χ4n) is 2.81. The maximum atomic E-state index is 12.6. The molecule has 132 valence electrons. The SMILES string of the molecule is Cc1cc(C)c(C)c(S[C@@H](C)C(=O)Nc2ccc3c(c2)OCO3)c1C. The number of thioether (sulfide) groups is 1. The summed E-state index contributed by atoms with van der Waals surface area (Å²) in [5.74, 6) is 1.35. The normalized spacial score (nSPS) is 13.6. The Balaban J connectivity index is 1.73. The number of carbonyl (C=O) groups is 1. The number of ether oxygens (including phenoxy) is 2. The van der Waals surface area contributed by atoms with Crippen LogP contribution in [0.2, 0.25) is 0 Å². The molecule has 1 heterocycles. The molecule has 2 aromatic rings. The number of hydrogen-bond acceptors (Lipinski definition) is 4. The molecule has 1 aliphatic rings. The molecule has 2 aromatic carbocycles. The largest absolute Gasteiger partial charge is 0.454 e. The van der Waals surface area contributed by atoms with Gasteiger partial charge in [-0.05, 0) is 69.0 Å². The number of amides is 1. The van der Waals surface area contributed by atoms with Gasteiger partial charge >= 0.3 is 0 Å². The third-order valence-corrected chi connectivity index (χ3v) is 6.02. The Bertz CT molecular complexity index is 806. The van der Waals surface area contributed by atoms with Crippen LogP contribution in [-0.4, -0.2) is 18.0 Å². The van der Waals surface area contributed by atoms with Crippen molar-refractivity contribution in [1.82, 2.24) is 0 Å². The monoisotopic (exact) mass is 357 g/mol. The molecule has 5 heteroatoms. The van der Waals surface area contributed by atoms with Crippen molar-refractivity contribution in [2.24, 2.45) is 0 Å². The smallest absolute Gasteiger partial charge is 0.237 e. The molecule has 4 nitrogen and oxygen atoms in total. The van der Waals surface area contributed by atoms with Gasteiger partial charge in [0, 0.05) is 16.6 Å². The first kappa shape index (κ1) is 17.7. The van der Waals surface area contributed by atoms with Gasteiger partial charge in [0.1, 0.15) is 0 Å². The van der Waals surface area contributed by atoms with Crippen LogP contribution in [0.25, 0.3) is 0 Å². The molecule has 0 fully saturated rings. The number of benzene rings is 2. The summed E-state index contributed by atoms with van der Waals surface area (Å²) in [5.41, 5.74) is 5.73. The van der Waals surface area contributed by atoms with Gasteiger partial charge in [-0.1, -0.05) is 6.07 Å². The third kappa shape index (κ3) is 3.61. The Kier molecular flexibility index (Phi) is 4.95. The minimum Gasteiger partial charge on any atom is -0.454 e. The van der Waals surface area contributed by atoms with Gasteiger partial charge in [-0.15, -0.1) is 11.8 Å². The van der Waals surface area contributed by atoms with Gasteiger partial charge in [-0.25, -0.2) is 0 Å². The van der Waals surface area contributed by atoms with Crippen LogP contribution in [0.15, 0.2) is 29.2 Å². The first-order valence-corrected chi connectivity index (χ1v) is 9.19. The summed E-state index contributed by atoms with van der Waals surface area (Å²) in [5, 5.41) is 2.76. The van der Waals surface area contributed by atoms with E-state index in [0.717, 1.165) is 5.69 Å². The van der Waals surface area contributed by atoms with E-state index in [0.29, 0.717) is 11.5 Å². The van der Waals surface area contributed by atoms with Gasteiger partial charge in [-0.3, -0.25) is 4.79 Å². The summed E-state index contributed by atoms with van der Waals surface area (Å²) in [6.45, 7) is 10.6. The quantitative estimate of drug-likeness (QED) is 0.801. The van der Waals surface area contributed by atoms with E-state index in [2.05, 4.69) is 39.1 Å². The maximum Gasteiger partial charge on any atom is 0.237 e. The Morgan fingerprint density at radius 3 is 2.36 bits per heavy atom. The number of carbonyl (C=O) groups excluding carboxylic acids is 1. The molecule has 0 bridgehead atoms. The highest BCUT2D eigenvalue weighted by molar-refractivity contribution is 8.00. The molecule has 0 spiro atoms. The number of nitrogens with one attached hydrogen (secondary N) is 1. The lowest BCUT2D eigenvalue weighted by molar-refractivity contribution is -0.115. The van der Waals surface area contributed by atoms with Gasteiger partial charge in [0.25, 0.3) is 0 Å². The molecule has 0 aliphatic carbocycles. The molecule has 1 aliphatic heterocycles. The lowest BCUT2D eigenvalue weighted by atomic mass is 10.0. The molecule has 3 rings (SSSR count). The van der Waals surface area contributed by atoms with E-state index < -0.39 is 0 Å². The molecule has 1 amide bonds. The summed E-state index contributed by atoms with van der Waals surface area (Å²) in [6, 6.07) is 7.64. The Morgan fingerprint density at radius 1 is 1.04 bits per heavy atom. The molecule has 0 aromatic heterocycles. The lowest BCUT2D eigenvalue weighted by Gasteiger charge is -2.18. The lowest BCUT2D eigenvalue weighted by Crippen LogP contribution is -2.22. The van der Waals surface area contributed by atoms with Crippen LogP contribution in [0, 0.1) is 27.7 Å². The second-order valence-corrected chi connectivity index (χ2v) is 7.76. The van der Waals surface area contributed by atoms with Crippen LogP contribution in [0.3, 0.4) is 0 Å². The highest BCUT2D eigenvalue weighted by Crippen LogP contribution is 2.36. The van der Waals surface area contributed by atoms with Crippen LogP contribution in [0.1, 0.15) is 29.2 Å². The van der Waals surface area contributed by atoms with E-state index in [-0.39, 0.29) is 18.0 Å². The topological polar surface area (TPSA) is 47.6 Å². The van der Waals surface area contributed by atoms with Crippen LogP contribution >= 0.6 is 11.8 Å². The van der Waals surface area contributed by atoms with E-state index in [1.807, 2.05) is 19.1 Å². The number of aryl methyl sites for hydroxylation is 2. The van der Waals surface area contributed by atoms with Crippen molar-refractivity contribution in [1.29, 1.82) is 0 Å². The van der Waals surface area contributed by atoms with Gasteiger partial charge in [0.05, 0.1) is 5.25 Å². The Morgan fingerprint density at radius 2 is 1.68 bits per heavy atom. The first-order chi connectivity index (χ1) is 11.9. The standard InChI is InChI=1S/C20H23NO3S/c1-11-8-12(2)14(4)19(13(11)3)25-15(5)20(22)21-16-6-7-17-18(9-16)24-10-23-17/h6-9,15H,10H2,1-5H3,(H,21,22)/t15-/m0/s1. The summed E-state index contributed by atoms with van der Waals surface area (Å²) in [6.07, 6.45) is 0. The van der Waals surface area contributed by atoms with Crippen LogP contribution in [0.5, 0.6) is 11.5 Å². The second-order valence-electron chi connectivity index (χ2n) is 6.41. The highest BCUT2D eigenvalue weighted by atomic mass is 32.2. The predicted octanol–water partition coefficient (Wildman–Crippen LogP) is 4.77. The molecular weight excluding hydrogens is 334 g/mol. The zero-order chi connectivity index (χ0) is 18.1. The van der Waals surface area contributed by atoms with Gasteiger partial charge in [-0.2, -0.15) is 0 Å². The first-order valence-electron chi connectivity index (χ1n) is 8.31. The minimum atomic E-state index is -0.205. The van der Waals surface area contributed by atoms with Crippen molar-refractivity contribution in [2.45, 2.75) is 44.8 Å². The van der Waals surface area contributed by atoms with E-state index in [1.165, 1.54) is 27.1 Å². The van der Waals surface area contributed by atoms with Crippen molar-refractivity contribution in [3.63, 3.8) is 0 Å².